The number of nitrogens with zero attached hydrogens (tertiary/aromatic N) is 3. The van der Waals surface area contributed by atoms with Crippen LogP contribution in [0.5, 0.6) is 5.75 Å². The van der Waals surface area contributed by atoms with Gasteiger partial charge in [0.15, 0.2) is 0 Å². The topological polar surface area (TPSA) is 47.4 Å². The number of likely N-dealkylation sites (tertiary alicyclic amines) is 1. The number of methoxy groups -OCH3 is 1. The van der Waals surface area contributed by atoms with Crippen LogP contribution in [0.3, 0.4) is 0 Å². The fourth-order valence-corrected chi connectivity index (χ4v) is 4.39. The largest absolute Gasteiger partial charge is 0.497 e. The molecular weight excluding hydrogens is 405 g/mol. The zero-order valence-electron chi connectivity index (χ0n) is 17.9. The van der Waals surface area contributed by atoms with Crippen LogP contribution in [-0.4, -0.2) is 34.0 Å². The highest BCUT2D eigenvalue weighted by Crippen LogP contribution is 2.32. The summed E-state index contributed by atoms with van der Waals surface area (Å²) < 4.78 is 20.7. The molecular formula is C26H24FN3O2. The zero-order chi connectivity index (χ0) is 22.1. The van der Waals surface area contributed by atoms with Gasteiger partial charge in [-0.05, 0) is 47.5 Å². The molecule has 1 amide bonds. The van der Waals surface area contributed by atoms with E-state index in [9.17, 15) is 9.18 Å². The molecule has 1 fully saturated rings. The number of imidazole rings is 1. The van der Waals surface area contributed by atoms with Crippen LogP contribution in [0.1, 0.15) is 29.3 Å². The number of hydrogen-bond donors (Lipinski definition) is 0. The van der Waals surface area contributed by atoms with Gasteiger partial charge >= 0.3 is 0 Å². The van der Waals surface area contributed by atoms with Gasteiger partial charge in [-0.25, -0.2) is 9.37 Å². The Bertz CT molecular complexity index is 1250. The van der Waals surface area contributed by atoms with Crippen LogP contribution in [0.4, 0.5) is 4.39 Å². The van der Waals surface area contributed by atoms with E-state index in [2.05, 4.69) is 22.8 Å². The maximum Gasteiger partial charge on any atom is 0.223 e. The predicted octanol–water partition coefficient (Wildman–Crippen LogP) is 4.75. The first-order valence-corrected chi connectivity index (χ1v) is 10.7. The molecule has 0 saturated carbocycles. The van der Waals surface area contributed by atoms with Gasteiger partial charge < -0.3 is 14.2 Å². The normalized spacial score (nSPS) is 16.1. The van der Waals surface area contributed by atoms with Crippen LogP contribution < -0.4 is 4.74 Å². The Morgan fingerprint density at radius 3 is 2.41 bits per heavy atom. The number of carbonyl (C=O) groups is 1. The van der Waals surface area contributed by atoms with Gasteiger partial charge in [0.2, 0.25) is 5.91 Å². The van der Waals surface area contributed by atoms with E-state index in [4.69, 9.17) is 9.72 Å². The lowest BCUT2D eigenvalue weighted by atomic mass is 10.1. The molecule has 162 valence electrons. The van der Waals surface area contributed by atoms with E-state index in [-0.39, 0.29) is 17.6 Å². The molecule has 1 saturated heterocycles. The second-order valence-corrected chi connectivity index (χ2v) is 8.19. The van der Waals surface area contributed by atoms with Crippen molar-refractivity contribution in [3.8, 4) is 5.75 Å². The molecule has 1 atom stereocenters. The monoisotopic (exact) mass is 429 g/mol. The average molecular weight is 429 g/mol. The van der Waals surface area contributed by atoms with E-state index < -0.39 is 0 Å². The summed E-state index contributed by atoms with van der Waals surface area (Å²) in [7, 11) is 1.66. The Hall–Kier alpha value is -3.67. The summed E-state index contributed by atoms with van der Waals surface area (Å²) in [6.45, 7) is 1.75. The summed E-state index contributed by atoms with van der Waals surface area (Å²) >= 11 is 0. The average Bonchev–Trinajstić information content (AvgIpc) is 3.36. The van der Waals surface area contributed by atoms with Gasteiger partial charge in [-0.2, -0.15) is 0 Å². The molecule has 0 bridgehead atoms. The molecule has 0 aliphatic carbocycles. The number of fused-ring (bicyclic) bond motifs is 1. The molecule has 3 aromatic carbocycles. The van der Waals surface area contributed by atoms with Crippen LogP contribution in [0, 0.1) is 5.82 Å². The van der Waals surface area contributed by atoms with Crippen LogP contribution in [0.25, 0.3) is 11.0 Å². The van der Waals surface area contributed by atoms with E-state index in [1.807, 2.05) is 35.2 Å². The molecule has 4 aromatic rings. The van der Waals surface area contributed by atoms with E-state index in [1.165, 1.54) is 12.1 Å². The summed E-state index contributed by atoms with van der Waals surface area (Å²) in [6, 6.07) is 22.4. The van der Waals surface area contributed by atoms with Gasteiger partial charge in [0.25, 0.3) is 0 Å². The second kappa shape index (κ2) is 8.46. The predicted molar refractivity (Wildman–Crippen MR) is 121 cm³/mol. The molecule has 5 nitrogen and oxygen atoms in total. The summed E-state index contributed by atoms with van der Waals surface area (Å²) in [5.74, 6) is 1.59. The lowest BCUT2D eigenvalue weighted by molar-refractivity contribution is -0.128. The zero-order valence-corrected chi connectivity index (χ0v) is 17.9. The molecule has 0 radical (unpaired) electrons. The quantitative estimate of drug-likeness (QED) is 0.445. The Balaban J connectivity index is 1.43. The highest BCUT2D eigenvalue weighted by Gasteiger charge is 2.34. The van der Waals surface area contributed by atoms with Gasteiger partial charge in [-0.3, -0.25) is 4.79 Å². The van der Waals surface area contributed by atoms with E-state index in [1.54, 1.807) is 19.2 Å². The molecule has 32 heavy (non-hydrogen) atoms. The fourth-order valence-electron chi connectivity index (χ4n) is 4.39. The van der Waals surface area contributed by atoms with E-state index in [0.717, 1.165) is 33.7 Å². The molecule has 1 aliphatic heterocycles. The molecule has 2 heterocycles. The number of halogens is 1. The summed E-state index contributed by atoms with van der Waals surface area (Å²) in [6.07, 6.45) is 0.424. The molecule has 0 N–H and O–H groups in total. The second-order valence-electron chi connectivity index (χ2n) is 8.19. The van der Waals surface area contributed by atoms with Crippen LogP contribution >= 0.6 is 0 Å². The molecule has 1 unspecified atom stereocenters. The highest BCUT2D eigenvalue weighted by atomic mass is 19.1. The van der Waals surface area contributed by atoms with Crippen molar-refractivity contribution in [1.82, 2.24) is 14.5 Å². The number of rotatable bonds is 6. The van der Waals surface area contributed by atoms with Crippen molar-refractivity contribution in [3.05, 3.63) is 95.6 Å². The number of amides is 1. The maximum atomic E-state index is 13.2. The SMILES string of the molecule is COc1ccc(Cn2c(C3CC(=O)N(Cc4ccc(F)cc4)C3)nc3ccccc32)cc1. The number of carbonyl (C=O) groups excluding carboxylic acids is 1. The third kappa shape index (κ3) is 3.96. The van der Waals surface area contributed by atoms with Crippen molar-refractivity contribution in [2.24, 2.45) is 0 Å². The lowest BCUT2D eigenvalue weighted by Gasteiger charge is -2.17. The van der Waals surface area contributed by atoms with Crippen LogP contribution in [-0.2, 0) is 17.9 Å². The van der Waals surface area contributed by atoms with Gasteiger partial charge in [-0.1, -0.05) is 36.4 Å². The van der Waals surface area contributed by atoms with Crippen molar-refractivity contribution in [1.29, 1.82) is 0 Å². The standard InChI is InChI=1S/C26H24FN3O2/c1-32-22-12-8-19(9-13-22)16-30-24-5-3-2-4-23(24)28-26(30)20-14-25(31)29(17-20)15-18-6-10-21(27)11-7-18/h2-13,20H,14-17H2,1H3. The van der Waals surface area contributed by atoms with Crippen molar-refractivity contribution in [3.63, 3.8) is 0 Å². The molecule has 1 aromatic heterocycles. The number of hydrogen-bond acceptors (Lipinski definition) is 3. The minimum Gasteiger partial charge on any atom is -0.497 e. The minimum absolute atomic E-state index is 0.00796. The van der Waals surface area contributed by atoms with Crippen molar-refractivity contribution in [2.75, 3.05) is 13.7 Å². The van der Waals surface area contributed by atoms with Gasteiger partial charge in [-0.15, -0.1) is 0 Å². The number of para-hydroxylation sites is 2. The smallest absolute Gasteiger partial charge is 0.223 e. The Morgan fingerprint density at radius 1 is 0.969 bits per heavy atom. The third-order valence-electron chi connectivity index (χ3n) is 6.05. The summed E-state index contributed by atoms with van der Waals surface area (Å²) in [4.78, 5) is 19.5. The molecule has 1 aliphatic rings. The maximum absolute atomic E-state index is 13.2. The van der Waals surface area contributed by atoms with Gasteiger partial charge in [0, 0.05) is 32.0 Å². The Labute approximate surface area is 186 Å². The van der Waals surface area contributed by atoms with E-state index >= 15 is 0 Å². The van der Waals surface area contributed by atoms with Crippen LogP contribution in [0.2, 0.25) is 0 Å². The number of benzene rings is 3. The first kappa shape index (κ1) is 20.2. The summed E-state index contributed by atoms with van der Waals surface area (Å²) in [5.41, 5.74) is 4.05. The molecule has 0 spiro atoms. The Kier molecular flexibility index (Phi) is 5.35. The van der Waals surface area contributed by atoms with Crippen molar-refractivity contribution < 1.29 is 13.9 Å². The van der Waals surface area contributed by atoms with Gasteiger partial charge in [0.1, 0.15) is 17.4 Å². The summed E-state index contributed by atoms with van der Waals surface area (Å²) in [5, 5.41) is 0. The molecule has 5 rings (SSSR count). The Morgan fingerprint density at radius 2 is 1.66 bits per heavy atom. The first-order chi connectivity index (χ1) is 15.6. The highest BCUT2D eigenvalue weighted by molar-refractivity contribution is 5.81. The van der Waals surface area contributed by atoms with Crippen molar-refractivity contribution in [2.45, 2.75) is 25.4 Å². The third-order valence-corrected chi connectivity index (χ3v) is 6.05. The van der Waals surface area contributed by atoms with Gasteiger partial charge in [0.05, 0.1) is 18.1 Å². The van der Waals surface area contributed by atoms with Crippen LogP contribution in [0.15, 0.2) is 72.8 Å². The van der Waals surface area contributed by atoms with Crippen molar-refractivity contribution >= 4 is 16.9 Å². The molecule has 6 heteroatoms. The van der Waals surface area contributed by atoms with E-state index in [0.29, 0.717) is 26.1 Å². The first-order valence-electron chi connectivity index (χ1n) is 10.7. The number of aromatic nitrogens is 2. The lowest BCUT2D eigenvalue weighted by Crippen LogP contribution is -2.24. The fraction of sp³-hybridized carbons (Fsp3) is 0.231. The minimum atomic E-state index is -0.272. The number of ether oxygens (including phenoxy) is 1.